The summed E-state index contributed by atoms with van der Waals surface area (Å²) in [5, 5.41) is 19.2. The summed E-state index contributed by atoms with van der Waals surface area (Å²) in [6, 6.07) is 17.8. The van der Waals surface area contributed by atoms with Gasteiger partial charge in [0.2, 0.25) is 0 Å². The van der Waals surface area contributed by atoms with E-state index in [2.05, 4.69) is 28.1 Å². The van der Waals surface area contributed by atoms with Gasteiger partial charge in [-0.3, -0.25) is 0 Å². The zero-order valence-electron chi connectivity index (χ0n) is 14.3. The molecular formula is C20H25N3O2. The number of benzene rings is 2. The molecule has 4 N–H and O–H groups in total. The minimum absolute atomic E-state index is 0.246. The molecule has 1 atom stereocenters. The number of carbonyl (C=O) groups is 1. The summed E-state index contributed by atoms with van der Waals surface area (Å²) in [5.74, 6) is 0. The molecule has 1 fully saturated rings. The van der Waals surface area contributed by atoms with Crippen LogP contribution in [-0.2, 0) is 6.42 Å². The third-order valence-electron chi connectivity index (χ3n) is 4.46. The van der Waals surface area contributed by atoms with Gasteiger partial charge in [0.1, 0.15) is 0 Å². The molecule has 0 spiro atoms. The van der Waals surface area contributed by atoms with Gasteiger partial charge in [0.15, 0.2) is 0 Å². The van der Waals surface area contributed by atoms with Crippen molar-refractivity contribution in [2.75, 3.05) is 25.0 Å². The molecule has 0 radical (unpaired) electrons. The summed E-state index contributed by atoms with van der Waals surface area (Å²) in [6.07, 6.45) is 2.44. The normalized spacial score (nSPS) is 20.0. The fraction of sp³-hybridized carbons (Fsp3) is 0.350. The molecule has 0 aliphatic carbocycles. The zero-order valence-corrected chi connectivity index (χ0v) is 14.3. The zero-order chi connectivity index (χ0) is 17.5. The van der Waals surface area contributed by atoms with Crippen molar-refractivity contribution in [1.29, 1.82) is 0 Å². The second-order valence-corrected chi connectivity index (χ2v) is 6.68. The number of carbonyl (C=O) groups excluding carboxylic acids is 1. The van der Waals surface area contributed by atoms with Crippen molar-refractivity contribution in [3.05, 3.63) is 65.7 Å². The van der Waals surface area contributed by atoms with E-state index in [0.29, 0.717) is 13.0 Å². The highest BCUT2D eigenvalue weighted by molar-refractivity contribution is 5.89. The molecule has 25 heavy (non-hydrogen) atoms. The van der Waals surface area contributed by atoms with Gasteiger partial charge in [0, 0.05) is 18.8 Å². The lowest BCUT2D eigenvalue weighted by atomic mass is 9.94. The second kappa shape index (κ2) is 8.14. The van der Waals surface area contributed by atoms with Gasteiger partial charge >= 0.3 is 6.03 Å². The van der Waals surface area contributed by atoms with Crippen molar-refractivity contribution >= 4 is 11.7 Å². The Bertz CT molecular complexity index is 697. The van der Waals surface area contributed by atoms with Crippen LogP contribution in [0.1, 0.15) is 24.0 Å². The lowest BCUT2D eigenvalue weighted by Gasteiger charge is -2.32. The average Bonchev–Trinajstić information content (AvgIpc) is 2.62. The molecule has 1 heterocycles. The van der Waals surface area contributed by atoms with Crippen molar-refractivity contribution in [2.24, 2.45) is 0 Å². The molecule has 1 saturated heterocycles. The van der Waals surface area contributed by atoms with E-state index in [4.69, 9.17) is 0 Å². The number of amides is 2. The first-order chi connectivity index (χ1) is 12.1. The molecule has 2 amide bonds. The van der Waals surface area contributed by atoms with Crippen LogP contribution < -0.4 is 16.0 Å². The Morgan fingerprint density at radius 2 is 1.92 bits per heavy atom. The Balaban J connectivity index is 1.53. The number of hydrogen-bond acceptors (Lipinski definition) is 3. The molecule has 2 aromatic rings. The van der Waals surface area contributed by atoms with Gasteiger partial charge in [-0.25, -0.2) is 4.79 Å². The second-order valence-electron chi connectivity index (χ2n) is 6.68. The van der Waals surface area contributed by atoms with E-state index in [1.54, 1.807) is 0 Å². The van der Waals surface area contributed by atoms with Crippen molar-refractivity contribution in [2.45, 2.75) is 24.9 Å². The number of nitrogens with one attached hydrogen (secondary N) is 3. The lowest BCUT2D eigenvalue weighted by Crippen LogP contribution is -2.53. The van der Waals surface area contributed by atoms with E-state index >= 15 is 0 Å². The molecule has 1 aliphatic rings. The predicted molar refractivity (Wildman–Crippen MR) is 99.8 cm³/mol. The highest BCUT2D eigenvalue weighted by Gasteiger charge is 2.29. The van der Waals surface area contributed by atoms with Crippen LogP contribution in [0.25, 0.3) is 0 Å². The summed E-state index contributed by atoms with van der Waals surface area (Å²) < 4.78 is 0. The van der Waals surface area contributed by atoms with Crippen molar-refractivity contribution in [3.63, 3.8) is 0 Å². The summed E-state index contributed by atoms with van der Waals surface area (Å²) in [4.78, 5) is 12.1. The number of β-amino-alcohol motifs (C(OH)–C–C–N with tert-alkyl or cyclic N) is 1. The third kappa shape index (κ3) is 5.31. The molecule has 0 saturated carbocycles. The quantitative estimate of drug-likeness (QED) is 0.676. The molecule has 1 aliphatic heterocycles. The van der Waals surface area contributed by atoms with E-state index in [1.165, 1.54) is 5.56 Å². The topological polar surface area (TPSA) is 73.4 Å². The number of rotatable bonds is 5. The number of urea groups is 1. The highest BCUT2D eigenvalue weighted by Crippen LogP contribution is 2.16. The maximum absolute atomic E-state index is 12.1. The Kier molecular flexibility index (Phi) is 5.68. The van der Waals surface area contributed by atoms with Gasteiger partial charge in [-0.1, -0.05) is 42.5 Å². The van der Waals surface area contributed by atoms with Gasteiger partial charge in [-0.05, 0) is 49.1 Å². The smallest absolute Gasteiger partial charge is 0.319 e. The van der Waals surface area contributed by atoms with Crippen LogP contribution in [0.15, 0.2) is 54.6 Å². The first-order valence-corrected chi connectivity index (χ1v) is 8.74. The molecule has 0 aromatic heterocycles. The Labute approximate surface area is 148 Å². The summed E-state index contributed by atoms with van der Waals surface area (Å²) >= 11 is 0. The van der Waals surface area contributed by atoms with E-state index in [1.807, 2.05) is 42.5 Å². The minimum Gasteiger partial charge on any atom is -0.387 e. The van der Waals surface area contributed by atoms with Crippen LogP contribution in [0.3, 0.4) is 0 Å². The third-order valence-corrected chi connectivity index (χ3v) is 4.46. The van der Waals surface area contributed by atoms with E-state index in [9.17, 15) is 9.90 Å². The van der Waals surface area contributed by atoms with Crippen molar-refractivity contribution < 1.29 is 9.90 Å². The van der Waals surface area contributed by atoms with Crippen LogP contribution in [0, 0.1) is 0 Å². The molecular weight excluding hydrogens is 314 g/mol. The van der Waals surface area contributed by atoms with Gasteiger partial charge in [0.25, 0.3) is 0 Å². The SMILES string of the molecule is O=C(NC[C@@]1(O)CCCNC1)Nc1cccc(Cc2ccccc2)c1. The molecule has 0 unspecified atom stereocenters. The molecule has 3 rings (SSSR count). The van der Waals surface area contributed by atoms with Gasteiger partial charge < -0.3 is 21.1 Å². The van der Waals surface area contributed by atoms with Crippen LogP contribution in [-0.4, -0.2) is 36.4 Å². The summed E-state index contributed by atoms with van der Waals surface area (Å²) in [7, 11) is 0. The Morgan fingerprint density at radius 1 is 1.12 bits per heavy atom. The first-order valence-electron chi connectivity index (χ1n) is 8.74. The van der Waals surface area contributed by atoms with E-state index < -0.39 is 5.60 Å². The van der Waals surface area contributed by atoms with E-state index in [-0.39, 0.29) is 12.6 Å². The lowest BCUT2D eigenvalue weighted by molar-refractivity contribution is 0.0198. The summed E-state index contributed by atoms with van der Waals surface area (Å²) in [6.45, 7) is 1.68. The number of anilines is 1. The Morgan fingerprint density at radius 3 is 2.68 bits per heavy atom. The molecule has 2 aromatic carbocycles. The van der Waals surface area contributed by atoms with Gasteiger partial charge in [0.05, 0.1) is 5.60 Å². The predicted octanol–water partition coefficient (Wildman–Crippen LogP) is 2.51. The highest BCUT2D eigenvalue weighted by atomic mass is 16.3. The molecule has 5 heteroatoms. The fourth-order valence-corrected chi connectivity index (χ4v) is 3.11. The van der Waals surface area contributed by atoms with E-state index in [0.717, 1.165) is 30.6 Å². The maximum atomic E-state index is 12.1. The van der Waals surface area contributed by atoms with Crippen LogP contribution in [0.5, 0.6) is 0 Å². The van der Waals surface area contributed by atoms with Crippen LogP contribution in [0.4, 0.5) is 10.5 Å². The fourth-order valence-electron chi connectivity index (χ4n) is 3.11. The standard InChI is InChI=1S/C20H25N3O2/c24-19(22-15-20(25)10-5-11-21-14-20)23-18-9-4-8-17(13-18)12-16-6-2-1-3-7-16/h1-4,6-9,13,21,25H,5,10-12,14-15H2,(H2,22,23,24)/t20-/m1/s1. The minimum atomic E-state index is -0.856. The first kappa shape index (κ1) is 17.5. The molecule has 132 valence electrons. The van der Waals surface area contributed by atoms with Crippen LogP contribution in [0.2, 0.25) is 0 Å². The van der Waals surface area contributed by atoms with Gasteiger partial charge in [-0.15, -0.1) is 0 Å². The van der Waals surface area contributed by atoms with Crippen molar-refractivity contribution in [3.8, 4) is 0 Å². The number of aliphatic hydroxyl groups is 1. The average molecular weight is 339 g/mol. The summed E-state index contributed by atoms with van der Waals surface area (Å²) in [5.41, 5.74) is 2.26. The maximum Gasteiger partial charge on any atom is 0.319 e. The number of piperidine rings is 1. The number of hydrogen-bond donors (Lipinski definition) is 4. The largest absolute Gasteiger partial charge is 0.387 e. The van der Waals surface area contributed by atoms with Gasteiger partial charge in [-0.2, -0.15) is 0 Å². The molecule has 5 nitrogen and oxygen atoms in total. The monoisotopic (exact) mass is 339 g/mol. The molecule has 0 bridgehead atoms. The van der Waals surface area contributed by atoms with Crippen LogP contribution >= 0.6 is 0 Å². The Hall–Kier alpha value is -2.37. The van der Waals surface area contributed by atoms with Crippen molar-refractivity contribution in [1.82, 2.24) is 10.6 Å².